The molecule has 0 spiro atoms. The van der Waals surface area contributed by atoms with Crippen LogP contribution in [0.15, 0.2) is 6.07 Å². The first-order valence-corrected chi connectivity index (χ1v) is 4.89. The normalized spacial score (nSPS) is 23.3. The maximum atomic E-state index is 3.46. The Morgan fingerprint density at radius 2 is 2.45 bits per heavy atom. The van der Waals surface area contributed by atoms with Gasteiger partial charge in [-0.3, -0.25) is 0 Å². The number of nitrogens with one attached hydrogen (secondary N) is 1. The van der Waals surface area contributed by atoms with Crippen molar-refractivity contribution in [3.8, 4) is 0 Å². The Morgan fingerprint density at radius 3 is 3.27 bits per heavy atom. The summed E-state index contributed by atoms with van der Waals surface area (Å²) in [7, 11) is 0. The van der Waals surface area contributed by atoms with Gasteiger partial charge in [0.25, 0.3) is 0 Å². The Hall–Kier alpha value is -0.340. The first kappa shape index (κ1) is 7.32. The van der Waals surface area contributed by atoms with E-state index in [1.54, 1.807) is 4.88 Å². The average Bonchev–Trinajstić information content (AvgIpc) is 2.27. The lowest BCUT2D eigenvalue weighted by molar-refractivity contribution is 0.520. The molecule has 11 heavy (non-hydrogen) atoms. The van der Waals surface area contributed by atoms with Crippen LogP contribution in [0.2, 0.25) is 0 Å². The first-order chi connectivity index (χ1) is 5.25. The molecular weight excluding hydrogens is 154 g/mol. The van der Waals surface area contributed by atoms with Crippen molar-refractivity contribution in [2.24, 2.45) is 0 Å². The fraction of sp³-hybridized carbons (Fsp3) is 0.556. The molecule has 0 amide bonds. The van der Waals surface area contributed by atoms with Crippen LogP contribution in [0.3, 0.4) is 0 Å². The molecule has 1 N–H and O–H groups in total. The standard InChI is InChI=1S/C9H13NS/c1-6-3-9-8(5-10-6)4-7(2)11-9/h4,6,10H,3,5H2,1-2H3. The van der Waals surface area contributed by atoms with Gasteiger partial charge in [0, 0.05) is 22.3 Å². The predicted octanol–water partition coefficient (Wildman–Crippen LogP) is 2.09. The number of rotatable bonds is 0. The summed E-state index contributed by atoms with van der Waals surface area (Å²) >= 11 is 1.95. The zero-order valence-corrected chi connectivity index (χ0v) is 7.79. The van der Waals surface area contributed by atoms with E-state index >= 15 is 0 Å². The minimum atomic E-state index is 0.667. The monoisotopic (exact) mass is 167 g/mol. The predicted molar refractivity (Wildman–Crippen MR) is 49.1 cm³/mol. The second-order valence-electron chi connectivity index (χ2n) is 3.29. The molecule has 2 rings (SSSR count). The van der Waals surface area contributed by atoms with Crippen LogP contribution in [0.5, 0.6) is 0 Å². The highest BCUT2D eigenvalue weighted by Crippen LogP contribution is 2.25. The van der Waals surface area contributed by atoms with Gasteiger partial charge in [0.05, 0.1) is 0 Å². The number of fused-ring (bicyclic) bond motifs is 1. The van der Waals surface area contributed by atoms with Crippen molar-refractivity contribution < 1.29 is 0 Å². The molecule has 0 fully saturated rings. The molecule has 0 aromatic carbocycles. The number of hydrogen-bond acceptors (Lipinski definition) is 2. The highest BCUT2D eigenvalue weighted by atomic mass is 32.1. The molecule has 0 bridgehead atoms. The highest BCUT2D eigenvalue weighted by molar-refractivity contribution is 7.12. The summed E-state index contributed by atoms with van der Waals surface area (Å²) in [5, 5.41) is 3.46. The molecule has 0 radical (unpaired) electrons. The largest absolute Gasteiger partial charge is 0.310 e. The van der Waals surface area contributed by atoms with Crippen molar-refractivity contribution >= 4 is 11.3 Å². The number of hydrogen-bond donors (Lipinski definition) is 1. The van der Waals surface area contributed by atoms with Gasteiger partial charge in [0.1, 0.15) is 0 Å². The fourth-order valence-electron chi connectivity index (χ4n) is 1.57. The summed E-state index contributed by atoms with van der Waals surface area (Å²) < 4.78 is 0. The summed E-state index contributed by atoms with van der Waals surface area (Å²) in [6.07, 6.45) is 1.22. The second kappa shape index (κ2) is 2.61. The number of thiophene rings is 1. The summed E-state index contributed by atoms with van der Waals surface area (Å²) in [6.45, 7) is 5.51. The minimum Gasteiger partial charge on any atom is -0.310 e. The summed E-state index contributed by atoms with van der Waals surface area (Å²) in [5.41, 5.74) is 1.52. The van der Waals surface area contributed by atoms with Crippen molar-refractivity contribution in [3.05, 3.63) is 21.4 Å². The van der Waals surface area contributed by atoms with Gasteiger partial charge < -0.3 is 5.32 Å². The quantitative estimate of drug-likeness (QED) is 0.624. The molecular formula is C9H13NS. The summed E-state index contributed by atoms with van der Waals surface area (Å²) in [6, 6.07) is 2.97. The molecule has 1 aromatic rings. The molecule has 0 saturated heterocycles. The minimum absolute atomic E-state index is 0.667. The molecule has 1 atom stereocenters. The van der Waals surface area contributed by atoms with Crippen molar-refractivity contribution in [2.45, 2.75) is 32.9 Å². The number of aryl methyl sites for hydroxylation is 1. The van der Waals surface area contributed by atoms with E-state index in [1.807, 2.05) is 11.3 Å². The lowest BCUT2D eigenvalue weighted by Crippen LogP contribution is -2.31. The molecule has 0 aliphatic carbocycles. The fourth-order valence-corrected chi connectivity index (χ4v) is 2.76. The van der Waals surface area contributed by atoms with Gasteiger partial charge in [-0.2, -0.15) is 0 Å². The van der Waals surface area contributed by atoms with Gasteiger partial charge in [-0.15, -0.1) is 11.3 Å². The summed E-state index contributed by atoms with van der Waals surface area (Å²) in [4.78, 5) is 3.04. The van der Waals surface area contributed by atoms with Crippen LogP contribution in [0.1, 0.15) is 22.2 Å². The zero-order chi connectivity index (χ0) is 7.84. The second-order valence-corrected chi connectivity index (χ2v) is 4.63. The SMILES string of the molecule is Cc1cc2c(s1)CC(C)NC2. The van der Waals surface area contributed by atoms with Gasteiger partial charge in [-0.1, -0.05) is 0 Å². The molecule has 1 unspecified atom stereocenters. The highest BCUT2D eigenvalue weighted by Gasteiger charge is 2.15. The molecule has 0 saturated carbocycles. The van der Waals surface area contributed by atoms with E-state index in [0.29, 0.717) is 6.04 Å². The third kappa shape index (κ3) is 1.33. The van der Waals surface area contributed by atoms with Crippen LogP contribution in [-0.2, 0) is 13.0 Å². The van der Waals surface area contributed by atoms with Gasteiger partial charge >= 0.3 is 0 Å². The first-order valence-electron chi connectivity index (χ1n) is 4.07. The Balaban J connectivity index is 2.34. The smallest absolute Gasteiger partial charge is 0.0219 e. The van der Waals surface area contributed by atoms with Crippen molar-refractivity contribution in [1.82, 2.24) is 5.32 Å². The zero-order valence-electron chi connectivity index (χ0n) is 6.98. The molecule has 1 aliphatic rings. The average molecular weight is 167 g/mol. The van der Waals surface area contributed by atoms with Crippen LogP contribution < -0.4 is 5.32 Å². The van der Waals surface area contributed by atoms with Crippen molar-refractivity contribution in [1.29, 1.82) is 0 Å². The van der Waals surface area contributed by atoms with Gasteiger partial charge in [-0.25, -0.2) is 0 Å². The lowest BCUT2D eigenvalue weighted by atomic mass is 10.1. The van der Waals surface area contributed by atoms with Gasteiger partial charge in [0.2, 0.25) is 0 Å². The van der Waals surface area contributed by atoms with E-state index < -0.39 is 0 Å². The van der Waals surface area contributed by atoms with E-state index in [1.165, 1.54) is 16.9 Å². The van der Waals surface area contributed by atoms with Crippen LogP contribution in [0.4, 0.5) is 0 Å². The van der Waals surface area contributed by atoms with Crippen LogP contribution >= 0.6 is 11.3 Å². The van der Waals surface area contributed by atoms with Crippen molar-refractivity contribution in [3.63, 3.8) is 0 Å². The van der Waals surface area contributed by atoms with E-state index in [4.69, 9.17) is 0 Å². The molecule has 2 heterocycles. The molecule has 1 aliphatic heterocycles. The summed E-state index contributed by atoms with van der Waals surface area (Å²) in [5.74, 6) is 0. The molecule has 2 heteroatoms. The topological polar surface area (TPSA) is 12.0 Å². The van der Waals surface area contributed by atoms with Crippen molar-refractivity contribution in [2.75, 3.05) is 0 Å². The third-order valence-electron chi connectivity index (χ3n) is 2.15. The van der Waals surface area contributed by atoms with Crippen LogP contribution in [0.25, 0.3) is 0 Å². The third-order valence-corrected chi connectivity index (χ3v) is 3.27. The molecule has 60 valence electrons. The van der Waals surface area contributed by atoms with Crippen LogP contribution in [-0.4, -0.2) is 6.04 Å². The van der Waals surface area contributed by atoms with Gasteiger partial charge in [-0.05, 0) is 31.9 Å². The maximum absolute atomic E-state index is 3.46. The van der Waals surface area contributed by atoms with E-state index in [2.05, 4.69) is 25.2 Å². The van der Waals surface area contributed by atoms with E-state index in [-0.39, 0.29) is 0 Å². The Kier molecular flexibility index (Phi) is 1.74. The van der Waals surface area contributed by atoms with E-state index in [9.17, 15) is 0 Å². The Bertz CT molecular complexity index is 265. The van der Waals surface area contributed by atoms with E-state index in [0.717, 1.165) is 6.54 Å². The molecule has 1 aromatic heterocycles. The lowest BCUT2D eigenvalue weighted by Gasteiger charge is -2.19. The van der Waals surface area contributed by atoms with Crippen LogP contribution in [0, 0.1) is 6.92 Å². The molecule has 1 nitrogen and oxygen atoms in total. The van der Waals surface area contributed by atoms with Gasteiger partial charge in [0.15, 0.2) is 0 Å². The maximum Gasteiger partial charge on any atom is 0.0219 e. The Labute approximate surface area is 71.4 Å². The Morgan fingerprint density at radius 1 is 1.64 bits per heavy atom.